The Bertz CT molecular complexity index is 1090. The molecule has 0 radical (unpaired) electrons. The van der Waals surface area contributed by atoms with Gasteiger partial charge >= 0.3 is 0 Å². The summed E-state index contributed by atoms with van der Waals surface area (Å²) in [6, 6.07) is 17.8. The Balaban J connectivity index is 1.56. The van der Waals surface area contributed by atoms with Crippen molar-refractivity contribution in [1.29, 1.82) is 0 Å². The van der Waals surface area contributed by atoms with Crippen molar-refractivity contribution in [3.63, 3.8) is 0 Å². The van der Waals surface area contributed by atoms with Gasteiger partial charge in [-0.3, -0.25) is 9.78 Å². The number of rotatable bonds is 6. The second-order valence-electron chi connectivity index (χ2n) is 7.89. The van der Waals surface area contributed by atoms with E-state index in [1.54, 1.807) is 6.20 Å². The average molecular weight is 434 g/mol. The lowest BCUT2D eigenvalue weighted by molar-refractivity contribution is -0.116. The van der Waals surface area contributed by atoms with Crippen LogP contribution in [0.15, 0.2) is 60.8 Å². The molecule has 2 aromatic heterocycles. The number of carbonyl (C=O) groups excluding carboxylic acids is 1. The van der Waals surface area contributed by atoms with Gasteiger partial charge in [-0.2, -0.15) is 0 Å². The number of para-hydroxylation sites is 1. The molecule has 2 unspecified atom stereocenters. The highest BCUT2D eigenvalue weighted by Crippen LogP contribution is 2.39. The number of nitrogens with zero attached hydrogens (tertiary/aromatic N) is 3. The van der Waals surface area contributed by atoms with Crippen LogP contribution in [-0.2, 0) is 11.8 Å². The molecule has 0 aliphatic carbocycles. The summed E-state index contributed by atoms with van der Waals surface area (Å²) in [5, 5.41) is 7.09. The van der Waals surface area contributed by atoms with Gasteiger partial charge in [0.2, 0.25) is 5.91 Å². The largest absolute Gasteiger partial charge is 0.352 e. The quantitative estimate of drug-likeness (QED) is 0.575. The van der Waals surface area contributed by atoms with Crippen LogP contribution in [0.25, 0.3) is 0 Å². The van der Waals surface area contributed by atoms with Gasteiger partial charge in [0.15, 0.2) is 5.11 Å². The van der Waals surface area contributed by atoms with Crippen LogP contribution in [0.2, 0.25) is 0 Å². The minimum atomic E-state index is -0.0823. The molecule has 1 aliphatic rings. The molecule has 0 spiro atoms. The van der Waals surface area contributed by atoms with Crippen LogP contribution in [0, 0.1) is 13.8 Å². The van der Waals surface area contributed by atoms with Gasteiger partial charge in [0.05, 0.1) is 17.8 Å². The van der Waals surface area contributed by atoms with E-state index in [9.17, 15) is 4.79 Å². The molecule has 1 amide bonds. The summed E-state index contributed by atoms with van der Waals surface area (Å²) in [6.07, 6.45) is 2.14. The number of amides is 1. The van der Waals surface area contributed by atoms with E-state index < -0.39 is 0 Å². The molecule has 4 rings (SSSR count). The third kappa shape index (κ3) is 4.32. The van der Waals surface area contributed by atoms with E-state index in [1.165, 1.54) is 5.69 Å². The molecule has 160 valence electrons. The standard InChI is InChI=1S/C24H27N5OS/c1-16-8-4-5-9-18(16)26-21(30)13-15-29-23(20-12-11-17(2)28(20)3)22(27-24(29)31)19-10-6-7-14-25-19/h4-12,14,22-23H,13,15H2,1-3H3,(H,26,30)(H,27,31). The van der Waals surface area contributed by atoms with Crippen LogP contribution in [0.3, 0.4) is 0 Å². The number of thiocarbonyl (C=S) groups is 1. The number of carbonyl (C=O) groups is 1. The van der Waals surface area contributed by atoms with E-state index >= 15 is 0 Å². The Kier molecular flexibility index (Phi) is 6.04. The van der Waals surface area contributed by atoms with E-state index in [0.29, 0.717) is 18.1 Å². The first-order chi connectivity index (χ1) is 15.0. The molecule has 3 aromatic rings. The lowest BCUT2D eigenvalue weighted by Gasteiger charge is -2.28. The number of pyridine rings is 1. The van der Waals surface area contributed by atoms with Crippen LogP contribution < -0.4 is 10.6 Å². The molecule has 7 heteroatoms. The van der Waals surface area contributed by atoms with Gasteiger partial charge < -0.3 is 20.1 Å². The lowest BCUT2D eigenvalue weighted by Crippen LogP contribution is -2.33. The molecule has 1 fully saturated rings. The number of benzene rings is 1. The number of anilines is 1. The molecule has 2 N–H and O–H groups in total. The van der Waals surface area contributed by atoms with E-state index in [4.69, 9.17) is 12.2 Å². The fourth-order valence-corrected chi connectivity index (χ4v) is 4.38. The Hall–Kier alpha value is -3.19. The Morgan fingerprint density at radius 1 is 1.13 bits per heavy atom. The van der Waals surface area contributed by atoms with Gasteiger partial charge in [-0.25, -0.2) is 0 Å². The second kappa shape index (κ2) is 8.89. The van der Waals surface area contributed by atoms with Gasteiger partial charge in [0.1, 0.15) is 0 Å². The van der Waals surface area contributed by atoms with E-state index in [2.05, 4.69) is 51.2 Å². The van der Waals surface area contributed by atoms with Crippen LogP contribution in [0.1, 0.15) is 41.1 Å². The Labute approximate surface area is 188 Å². The molecule has 1 aromatic carbocycles. The smallest absolute Gasteiger partial charge is 0.226 e. The third-order valence-corrected chi connectivity index (χ3v) is 6.26. The van der Waals surface area contributed by atoms with Crippen LogP contribution in [0.5, 0.6) is 0 Å². The molecular formula is C24H27N5OS. The first kappa shape index (κ1) is 21.1. The minimum Gasteiger partial charge on any atom is -0.352 e. The van der Waals surface area contributed by atoms with E-state index in [-0.39, 0.29) is 18.0 Å². The van der Waals surface area contributed by atoms with Crippen molar-refractivity contribution in [1.82, 2.24) is 19.8 Å². The summed E-state index contributed by atoms with van der Waals surface area (Å²) < 4.78 is 2.18. The normalized spacial score (nSPS) is 18.2. The molecule has 2 atom stereocenters. The maximum absolute atomic E-state index is 12.7. The van der Waals surface area contributed by atoms with Crippen molar-refractivity contribution in [2.24, 2.45) is 7.05 Å². The third-order valence-electron chi connectivity index (χ3n) is 5.91. The fourth-order valence-electron chi connectivity index (χ4n) is 4.05. The zero-order valence-corrected chi connectivity index (χ0v) is 18.8. The molecule has 3 heterocycles. The number of aromatic nitrogens is 2. The van der Waals surface area contributed by atoms with Crippen LogP contribution >= 0.6 is 12.2 Å². The van der Waals surface area contributed by atoms with Crippen molar-refractivity contribution in [2.75, 3.05) is 11.9 Å². The summed E-state index contributed by atoms with van der Waals surface area (Å²) in [7, 11) is 2.06. The number of aryl methyl sites for hydroxylation is 2. The van der Waals surface area contributed by atoms with Gasteiger partial charge in [-0.1, -0.05) is 24.3 Å². The molecular weight excluding hydrogens is 406 g/mol. The maximum atomic E-state index is 12.7. The van der Waals surface area contributed by atoms with Crippen molar-refractivity contribution in [3.8, 4) is 0 Å². The highest BCUT2D eigenvalue weighted by atomic mass is 32.1. The van der Waals surface area contributed by atoms with Crippen LogP contribution in [0.4, 0.5) is 5.69 Å². The Morgan fingerprint density at radius 2 is 1.90 bits per heavy atom. The SMILES string of the molecule is Cc1ccccc1NC(=O)CCN1C(=S)NC(c2ccccn2)C1c1ccc(C)n1C. The molecule has 1 saturated heterocycles. The topological polar surface area (TPSA) is 62.2 Å². The summed E-state index contributed by atoms with van der Waals surface area (Å²) in [5.41, 5.74) is 5.13. The zero-order valence-electron chi connectivity index (χ0n) is 18.0. The predicted octanol–water partition coefficient (Wildman–Crippen LogP) is 4.04. The predicted molar refractivity (Wildman–Crippen MR) is 127 cm³/mol. The molecule has 0 saturated carbocycles. The van der Waals surface area contributed by atoms with Crippen molar-refractivity contribution in [2.45, 2.75) is 32.4 Å². The minimum absolute atomic E-state index is 0.0276. The van der Waals surface area contributed by atoms with Gasteiger partial charge in [0, 0.05) is 43.3 Å². The molecule has 0 bridgehead atoms. The summed E-state index contributed by atoms with van der Waals surface area (Å²) >= 11 is 5.69. The highest BCUT2D eigenvalue weighted by molar-refractivity contribution is 7.80. The fraction of sp³-hybridized carbons (Fsp3) is 0.292. The summed E-state index contributed by atoms with van der Waals surface area (Å²) in [4.78, 5) is 19.4. The van der Waals surface area contributed by atoms with Crippen molar-refractivity contribution < 1.29 is 4.79 Å². The molecule has 31 heavy (non-hydrogen) atoms. The lowest BCUT2D eigenvalue weighted by atomic mass is 10.0. The number of hydrogen-bond donors (Lipinski definition) is 2. The van der Waals surface area contributed by atoms with Gasteiger partial charge in [0.25, 0.3) is 0 Å². The van der Waals surface area contributed by atoms with Crippen molar-refractivity contribution >= 4 is 28.9 Å². The highest BCUT2D eigenvalue weighted by Gasteiger charge is 2.41. The monoisotopic (exact) mass is 433 g/mol. The first-order valence-corrected chi connectivity index (χ1v) is 10.8. The maximum Gasteiger partial charge on any atom is 0.226 e. The van der Waals surface area contributed by atoms with Crippen LogP contribution in [-0.4, -0.2) is 32.0 Å². The van der Waals surface area contributed by atoms with Gasteiger partial charge in [-0.15, -0.1) is 0 Å². The summed E-state index contributed by atoms with van der Waals surface area (Å²) in [6.45, 7) is 4.59. The molecule has 6 nitrogen and oxygen atoms in total. The molecule has 1 aliphatic heterocycles. The van der Waals surface area contributed by atoms with E-state index in [1.807, 2.05) is 49.4 Å². The van der Waals surface area contributed by atoms with Gasteiger partial charge in [-0.05, 0) is 62.0 Å². The second-order valence-corrected chi connectivity index (χ2v) is 8.28. The first-order valence-electron chi connectivity index (χ1n) is 10.4. The number of hydrogen-bond acceptors (Lipinski definition) is 3. The number of nitrogens with one attached hydrogen (secondary N) is 2. The van der Waals surface area contributed by atoms with E-state index in [0.717, 1.165) is 22.6 Å². The summed E-state index contributed by atoms with van der Waals surface area (Å²) in [5.74, 6) is -0.0276. The Morgan fingerprint density at radius 3 is 2.58 bits per heavy atom. The zero-order chi connectivity index (χ0) is 22.0. The van der Waals surface area contributed by atoms with Crippen molar-refractivity contribution in [3.05, 3.63) is 83.4 Å². The average Bonchev–Trinajstić information content (AvgIpc) is 3.27.